The van der Waals surface area contributed by atoms with Crippen molar-refractivity contribution in [3.05, 3.63) is 29.8 Å². The van der Waals surface area contributed by atoms with E-state index in [1.807, 2.05) is 6.07 Å². The lowest BCUT2D eigenvalue weighted by molar-refractivity contribution is -0.274. The van der Waals surface area contributed by atoms with Gasteiger partial charge in [0.05, 0.1) is 0 Å². The first-order valence-corrected chi connectivity index (χ1v) is 7.41. The number of halogens is 3. The second-order valence-electron chi connectivity index (χ2n) is 6.04. The molecule has 0 aliphatic heterocycles. The maximum absolute atomic E-state index is 12.2. The van der Waals surface area contributed by atoms with Crippen molar-refractivity contribution in [2.75, 3.05) is 0 Å². The van der Waals surface area contributed by atoms with Crippen LogP contribution in [0.3, 0.4) is 0 Å². The summed E-state index contributed by atoms with van der Waals surface area (Å²) < 4.78 is 40.5. The Labute approximate surface area is 123 Å². The number of alkyl halides is 3. The van der Waals surface area contributed by atoms with Gasteiger partial charge >= 0.3 is 6.36 Å². The van der Waals surface area contributed by atoms with Crippen molar-refractivity contribution >= 4 is 0 Å². The Bertz CT molecular complexity index is 461. The molecule has 5 heteroatoms. The third-order valence-corrected chi connectivity index (χ3v) is 4.33. The number of ether oxygens (including phenoxy) is 1. The highest BCUT2D eigenvalue weighted by Crippen LogP contribution is 2.29. The van der Waals surface area contributed by atoms with Crippen LogP contribution in [0.2, 0.25) is 0 Å². The summed E-state index contributed by atoms with van der Waals surface area (Å²) in [5, 5.41) is 3.44. The Morgan fingerprint density at radius 2 is 1.95 bits per heavy atom. The summed E-state index contributed by atoms with van der Waals surface area (Å²) in [5.74, 6) is 1.29. The average molecular weight is 301 g/mol. The quantitative estimate of drug-likeness (QED) is 0.884. The zero-order valence-corrected chi connectivity index (χ0v) is 12.4. The molecule has 1 N–H and O–H groups in total. The molecule has 1 saturated carbocycles. The number of nitrogens with one attached hydrogen (secondary N) is 1. The number of rotatable bonds is 4. The molecule has 1 aliphatic carbocycles. The zero-order chi connectivity index (χ0) is 15.5. The van der Waals surface area contributed by atoms with E-state index in [4.69, 9.17) is 0 Å². The van der Waals surface area contributed by atoms with E-state index in [1.165, 1.54) is 18.6 Å². The number of hydrogen-bond donors (Lipinski definition) is 1. The van der Waals surface area contributed by atoms with Crippen LogP contribution < -0.4 is 10.1 Å². The van der Waals surface area contributed by atoms with Gasteiger partial charge < -0.3 is 10.1 Å². The molecule has 21 heavy (non-hydrogen) atoms. The van der Waals surface area contributed by atoms with Crippen molar-refractivity contribution in [1.29, 1.82) is 0 Å². The topological polar surface area (TPSA) is 21.3 Å². The fourth-order valence-electron chi connectivity index (χ4n) is 2.85. The summed E-state index contributed by atoms with van der Waals surface area (Å²) in [7, 11) is 0. The van der Waals surface area contributed by atoms with Crippen molar-refractivity contribution in [3.8, 4) is 5.75 Å². The van der Waals surface area contributed by atoms with Gasteiger partial charge in [-0.3, -0.25) is 0 Å². The standard InChI is InChI=1S/C16H22F3NO/c1-11-6-7-14(8-12(11)2)20-10-13-4-3-5-15(9-13)21-16(17,18)19/h3-5,9,11-12,14,20H,6-8,10H2,1-2H3. The van der Waals surface area contributed by atoms with E-state index in [-0.39, 0.29) is 5.75 Å². The smallest absolute Gasteiger partial charge is 0.406 e. The molecule has 118 valence electrons. The Morgan fingerprint density at radius 1 is 1.19 bits per heavy atom. The van der Waals surface area contributed by atoms with Crippen LogP contribution in [0, 0.1) is 11.8 Å². The predicted molar refractivity (Wildman–Crippen MR) is 75.9 cm³/mol. The normalized spacial score (nSPS) is 26.6. The summed E-state index contributed by atoms with van der Waals surface area (Å²) in [5.41, 5.74) is 0.808. The third-order valence-electron chi connectivity index (χ3n) is 4.33. The lowest BCUT2D eigenvalue weighted by Crippen LogP contribution is -2.35. The number of benzene rings is 1. The largest absolute Gasteiger partial charge is 0.573 e. The summed E-state index contributed by atoms with van der Waals surface area (Å²) in [6.45, 7) is 5.11. The molecule has 2 rings (SSSR count). The van der Waals surface area contributed by atoms with Crippen LogP contribution in [0.15, 0.2) is 24.3 Å². The molecule has 0 radical (unpaired) electrons. The van der Waals surface area contributed by atoms with E-state index in [9.17, 15) is 13.2 Å². The van der Waals surface area contributed by atoms with Gasteiger partial charge in [0.25, 0.3) is 0 Å². The van der Waals surface area contributed by atoms with E-state index < -0.39 is 6.36 Å². The Hall–Kier alpha value is -1.23. The SMILES string of the molecule is CC1CCC(NCc2cccc(OC(F)(F)F)c2)CC1C. The molecule has 3 atom stereocenters. The van der Waals surface area contributed by atoms with Crippen molar-refractivity contribution in [2.24, 2.45) is 11.8 Å². The van der Waals surface area contributed by atoms with E-state index in [0.717, 1.165) is 24.3 Å². The van der Waals surface area contributed by atoms with E-state index in [0.29, 0.717) is 18.5 Å². The molecule has 0 aromatic heterocycles. The second-order valence-corrected chi connectivity index (χ2v) is 6.04. The molecule has 1 aromatic carbocycles. The molecule has 0 bridgehead atoms. The van der Waals surface area contributed by atoms with Crippen molar-refractivity contribution in [2.45, 2.75) is 52.1 Å². The average Bonchev–Trinajstić information content (AvgIpc) is 2.39. The fourth-order valence-corrected chi connectivity index (χ4v) is 2.85. The van der Waals surface area contributed by atoms with Gasteiger partial charge in [0.1, 0.15) is 5.75 Å². The maximum Gasteiger partial charge on any atom is 0.573 e. The fraction of sp³-hybridized carbons (Fsp3) is 0.625. The third kappa shape index (κ3) is 5.23. The molecule has 1 aromatic rings. The molecule has 2 nitrogen and oxygen atoms in total. The summed E-state index contributed by atoms with van der Waals surface area (Å²) in [4.78, 5) is 0. The first kappa shape index (κ1) is 16.1. The minimum absolute atomic E-state index is 0.160. The first-order chi connectivity index (χ1) is 9.83. The second kappa shape index (κ2) is 6.69. The van der Waals surface area contributed by atoms with Gasteiger partial charge in [-0.1, -0.05) is 26.0 Å². The van der Waals surface area contributed by atoms with Crippen molar-refractivity contribution in [1.82, 2.24) is 5.32 Å². The highest BCUT2D eigenvalue weighted by Gasteiger charge is 2.31. The van der Waals surface area contributed by atoms with Crippen LogP contribution >= 0.6 is 0 Å². The van der Waals surface area contributed by atoms with E-state index >= 15 is 0 Å². The molecular weight excluding hydrogens is 279 g/mol. The molecule has 3 unspecified atom stereocenters. The van der Waals surface area contributed by atoms with E-state index in [1.54, 1.807) is 6.07 Å². The van der Waals surface area contributed by atoms with Gasteiger partial charge in [0.15, 0.2) is 0 Å². The molecular formula is C16H22F3NO. The van der Waals surface area contributed by atoms with Gasteiger partial charge in [-0.25, -0.2) is 0 Å². The lowest BCUT2D eigenvalue weighted by atomic mass is 9.79. The van der Waals surface area contributed by atoms with Crippen LogP contribution in [-0.2, 0) is 6.54 Å². The minimum Gasteiger partial charge on any atom is -0.406 e. The highest BCUT2D eigenvalue weighted by atomic mass is 19.4. The Balaban J connectivity index is 1.87. The van der Waals surface area contributed by atoms with Crippen LogP contribution in [0.1, 0.15) is 38.7 Å². The molecule has 0 saturated heterocycles. The van der Waals surface area contributed by atoms with Gasteiger partial charge in [-0.05, 0) is 48.8 Å². The van der Waals surface area contributed by atoms with Gasteiger partial charge in [-0.2, -0.15) is 0 Å². The monoisotopic (exact) mass is 301 g/mol. The summed E-state index contributed by atoms with van der Waals surface area (Å²) in [6.07, 6.45) is -1.18. The van der Waals surface area contributed by atoms with Gasteiger partial charge in [-0.15, -0.1) is 13.2 Å². The number of hydrogen-bond acceptors (Lipinski definition) is 2. The molecule has 1 aliphatic rings. The van der Waals surface area contributed by atoms with Crippen molar-refractivity contribution < 1.29 is 17.9 Å². The lowest BCUT2D eigenvalue weighted by Gasteiger charge is -2.32. The molecule has 1 fully saturated rings. The molecule has 0 spiro atoms. The molecule has 0 heterocycles. The summed E-state index contributed by atoms with van der Waals surface area (Å²) >= 11 is 0. The summed E-state index contributed by atoms with van der Waals surface area (Å²) in [6, 6.07) is 6.61. The zero-order valence-electron chi connectivity index (χ0n) is 12.4. The van der Waals surface area contributed by atoms with Crippen LogP contribution in [-0.4, -0.2) is 12.4 Å². The van der Waals surface area contributed by atoms with Crippen LogP contribution in [0.4, 0.5) is 13.2 Å². The Kier molecular flexibility index (Phi) is 5.14. The van der Waals surface area contributed by atoms with Crippen LogP contribution in [0.25, 0.3) is 0 Å². The minimum atomic E-state index is -4.64. The van der Waals surface area contributed by atoms with Crippen LogP contribution in [0.5, 0.6) is 5.75 Å². The van der Waals surface area contributed by atoms with Gasteiger partial charge in [0.2, 0.25) is 0 Å². The molecule has 0 amide bonds. The predicted octanol–water partition coefficient (Wildman–Crippen LogP) is 4.50. The maximum atomic E-state index is 12.2. The Morgan fingerprint density at radius 3 is 2.62 bits per heavy atom. The van der Waals surface area contributed by atoms with Crippen molar-refractivity contribution in [3.63, 3.8) is 0 Å². The highest BCUT2D eigenvalue weighted by molar-refractivity contribution is 5.28. The van der Waals surface area contributed by atoms with E-state index in [2.05, 4.69) is 23.9 Å². The van der Waals surface area contributed by atoms with Gasteiger partial charge in [0, 0.05) is 12.6 Å². The first-order valence-electron chi connectivity index (χ1n) is 7.41.